The summed E-state index contributed by atoms with van der Waals surface area (Å²) < 4.78 is 15.7. The maximum Gasteiger partial charge on any atom is 0.335 e. The molecule has 0 atom stereocenters. The Labute approximate surface area is 102 Å². The molecule has 0 radical (unpaired) electrons. The molecule has 0 fully saturated rings. The van der Waals surface area contributed by atoms with Crippen molar-refractivity contribution in [2.75, 3.05) is 14.2 Å². The summed E-state index contributed by atoms with van der Waals surface area (Å²) in [5, 5.41) is 0. The van der Waals surface area contributed by atoms with Crippen LogP contribution in [0.5, 0.6) is 17.2 Å². The highest BCUT2D eigenvalue weighted by atomic mass is 79.9. The molecule has 1 aromatic rings. The monoisotopic (exact) mass is 286 g/mol. The first-order chi connectivity index (χ1) is 7.63. The van der Waals surface area contributed by atoms with Crippen molar-refractivity contribution in [1.82, 2.24) is 0 Å². The van der Waals surface area contributed by atoms with E-state index in [1.807, 2.05) is 0 Å². The third-order valence-corrected chi connectivity index (χ3v) is 2.58. The van der Waals surface area contributed by atoms with Gasteiger partial charge in [-0.15, -0.1) is 0 Å². The zero-order valence-corrected chi connectivity index (χ0v) is 10.5. The standard InChI is InChI=1S/C11H11BrO4/c1-4-9(13)16-7-5-6-8(14-2)11(15-3)10(7)12/h4-6H,1H2,2-3H3. The molecule has 0 saturated carbocycles. The molecule has 0 aliphatic carbocycles. The molecule has 16 heavy (non-hydrogen) atoms. The molecule has 5 heteroatoms. The smallest absolute Gasteiger partial charge is 0.335 e. The molecule has 0 amide bonds. The van der Waals surface area contributed by atoms with E-state index in [0.717, 1.165) is 6.08 Å². The van der Waals surface area contributed by atoms with Gasteiger partial charge in [0.25, 0.3) is 0 Å². The second-order valence-electron chi connectivity index (χ2n) is 2.74. The number of hydrogen-bond acceptors (Lipinski definition) is 4. The highest BCUT2D eigenvalue weighted by Gasteiger charge is 2.14. The average molecular weight is 287 g/mol. The minimum Gasteiger partial charge on any atom is -0.493 e. The number of benzene rings is 1. The number of hydrogen-bond donors (Lipinski definition) is 0. The number of esters is 1. The van der Waals surface area contributed by atoms with E-state index in [1.54, 1.807) is 12.1 Å². The van der Waals surface area contributed by atoms with Crippen LogP contribution >= 0.6 is 15.9 Å². The van der Waals surface area contributed by atoms with Gasteiger partial charge in [-0.05, 0) is 28.1 Å². The van der Waals surface area contributed by atoms with Crippen LogP contribution in [0.25, 0.3) is 0 Å². The molecule has 0 saturated heterocycles. The largest absolute Gasteiger partial charge is 0.493 e. The molecular formula is C11H11BrO4. The molecule has 0 unspecified atom stereocenters. The van der Waals surface area contributed by atoms with Crippen molar-refractivity contribution in [2.24, 2.45) is 0 Å². The van der Waals surface area contributed by atoms with Crippen molar-refractivity contribution in [3.63, 3.8) is 0 Å². The van der Waals surface area contributed by atoms with E-state index in [9.17, 15) is 4.79 Å². The number of halogens is 1. The second kappa shape index (κ2) is 5.55. The van der Waals surface area contributed by atoms with Gasteiger partial charge in [0.2, 0.25) is 0 Å². The first-order valence-corrected chi connectivity index (χ1v) is 5.18. The van der Waals surface area contributed by atoms with Crippen LogP contribution in [-0.4, -0.2) is 20.2 Å². The van der Waals surface area contributed by atoms with Crippen molar-refractivity contribution in [2.45, 2.75) is 0 Å². The summed E-state index contributed by atoms with van der Waals surface area (Å²) >= 11 is 3.27. The summed E-state index contributed by atoms with van der Waals surface area (Å²) in [4.78, 5) is 11.1. The summed E-state index contributed by atoms with van der Waals surface area (Å²) in [6.07, 6.45) is 1.09. The molecule has 1 aromatic carbocycles. The van der Waals surface area contributed by atoms with Crippen LogP contribution in [0.15, 0.2) is 29.3 Å². The van der Waals surface area contributed by atoms with Crippen LogP contribution in [0.2, 0.25) is 0 Å². The Balaban J connectivity index is 3.13. The molecule has 1 rings (SSSR count). The van der Waals surface area contributed by atoms with Crippen molar-refractivity contribution in [1.29, 1.82) is 0 Å². The quantitative estimate of drug-likeness (QED) is 0.485. The molecule has 0 spiro atoms. The van der Waals surface area contributed by atoms with Gasteiger partial charge in [-0.3, -0.25) is 0 Å². The minimum absolute atomic E-state index is 0.350. The van der Waals surface area contributed by atoms with Gasteiger partial charge in [0.05, 0.1) is 14.2 Å². The Bertz CT molecular complexity index is 415. The third kappa shape index (κ3) is 2.55. The van der Waals surface area contributed by atoms with Gasteiger partial charge >= 0.3 is 5.97 Å². The number of carbonyl (C=O) groups excluding carboxylic acids is 1. The maximum absolute atomic E-state index is 11.1. The Hall–Kier alpha value is -1.49. The summed E-state index contributed by atoms with van der Waals surface area (Å²) in [5.41, 5.74) is 0. The van der Waals surface area contributed by atoms with E-state index in [4.69, 9.17) is 14.2 Å². The summed E-state index contributed by atoms with van der Waals surface area (Å²) in [6.45, 7) is 3.32. The summed E-state index contributed by atoms with van der Waals surface area (Å²) in [5.74, 6) is 0.833. The van der Waals surface area contributed by atoms with Gasteiger partial charge in [0.1, 0.15) is 10.2 Å². The van der Waals surface area contributed by atoms with Crippen molar-refractivity contribution >= 4 is 21.9 Å². The molecule has 0 bridgehead atoms. The number of carbonyl (C=O) groups is 1. The zero-order chi connectivity index (χ0) is 12.1. The van der Waals surface area contributed by atoms with Gasteiger partial charge in [-0.2, -0.15) is 0 Å². The first kappa shape index (κ1) is 12.6. The molecular weight excluding hydrogens is 276 g/mol. The fourth-order valence-corrected chi connectivity index (χ4v) is 1.67. The van der Waals surface area contributed by atoms with Crippen LogP contribution < -0.4 is 14.2 Å². The van der Waals surface area contributed by atoms with Gasteiger partial charge in [0, 0.05) is 6.08 Å². The number of ether oxygens (including phenoxy) is 3. The predicted molar refractivity (Wildman–Crippen MR) is 63.1 cm³/mol. The van der Waals surface area contributed by atoms with E-state index in [0.29, 0.717) is 21.7 Å². The summed E-state index contributed by atoms with van der Waals surface area (Å²) in [7, 11) is 3.03. The van der Waals surface area contributed by atoms with Gasteiger partial charge in [-0.25, -0.2) is 4.79 Å². The predicted octanol–water partition coefficient (Wildman–Crippen LogP) is 2.56. The molecule has 0 heterocycles. The van der Waals surface area contributed by atoms with Crippen molar-refractivity contribution < 1.29 is 19.0 Å². The van der Waals surface area contributed by atoms with Crippen molar-refractivity contribution in [3.05, 3.63) is 29.3 Å². The summed E-state index contributed by atoms with van der Waals surface area (Å²) in [6, 6.07) is 3.25. The number of rotatable bonds is 4. The van der Waals surface area contributed by atoms with Gasteiger partial charge in [0.15, 0.2) is 11.5 Å². The lowest BCUT2D eigenvalue weighted by Gasteiger charge is -2.12. The van der Waals surface area contributed by atoms with Crippen LogP contribution in [0.3, 0.4) is 0 Å². The topological polar surface area (TPSA) is 44.8 Å². The van der Waals surface area contributed by atoms with Crippen LogP contribution in [0, 0.1) is 0 Å². The zero-order valence-electron chi connectivity index (χ0n) is 8.95. The van der Waals surface area contributed by atoms with Crippen LogP contribution in [-0.2, 0) is 4.79 Å². The Morgan fingerprint density at radius 3 is 2.44 bits per heavy atom. The molecule has 86 valence electrons. The SMILES string of the molecule is C=CC(=O)Oc1ccc(OC)c(OC)c1Br. The molecule has 0 aliphatic rings. The lowest BCUT2D eigenvalue weighted by molar-refractivity contribution is -0.129. The fraction of sp³-hybridized carbons (Fsp3) is 0.182. The lowest BCUT2D eigenvalue weighted by atomic mass is 10.3. The molecule has 0 aliphatic heterocycles. The highest BCUT2D eigenvalue weighted by molar-refractivity contribution is 9.10. The Morgan fingerprint density at radius 2 is 1.94 bits per heavy atom. The van der Waals surface area contributed by atoms with Crippen LogP contribution in [0.1, 0.15) is 0 Å². The minimum atomic E-state index is -0.534. The fourth-order valence-electron chi connectivity index (χ4n) is 1.10. The van der Waals surface area contributed by atoms with E-state index in [-0.39, 0.29) is 0 Å². The normalized spacial score (nSPS) is 9.44. The van der Waals surface area contributed by atoms with E-state index in [2.05, 4.69) is 22.5 Å². The third-order valence-electron chi connectivity index (χ3n) is 1.83. The molecule has 0 aromatic heterocycles. The second-order valence-corrected chi connectivity index (χ2v) is 3.53. The lowest BCUT2D eigenvalue weighted by Crippen LogP contribution is -2.04. The van der Waals surface area contributed by atoms with Gasteiger partial charge < -0.3 is 14.2 Å². The van der Waals surface area contributed by atoms with Gasteiger partial charge in [-0.1, -0.05) is 6.58 Å². The van der Waals surface area contributed by atoms with Crippen molar-refractivity contribution in [3.8, 4) is 17.2 Å². The van der Waals surface area contributed by atoms with E-state index < -0.39 is 5.97 Å². The van der Waals surface area contributed by atoms with E-state index in [1.165, 1.54) is 14.2 Å². The molecule has 4 nitrogen and oxygen atoms in total. The highest BCUT2D eigenvalue weighted by Crippen LogP contribution is 2.41. The number of methoxy groups -OCH3 is 2. The van der Waals surface area contributed by atoms with Crippen LogP contribution in [0.4, 0.5) is 0 Å². The average Bonchev–Trinajstić information content (AvgIpc) is 2.31. The Morgan fingerprint density at radius 1 is 1.31 bits per heavy atom. The Kier molecular flexibility index (Phi) is 4.37. The first-order valence-electron chi connectivity index (χ1n) is 4.38. The van der Waals surface area contributed by atoms with E-state index >= 15 is 0 Å². The maximum atomic E-state index is 11.1. The molecule has 0 N–H and O–H groups in total.